The van der Waals surface area contributed by atoms with E-state index in [-0.39, 0.29) is 5.75 Å². The van der Waals surface area contributed by atoms with Crippen LogP contribution in [0.4, 0.5) is 0 Å². The second-order valence-electron chi connectivity index (χ2n) is 2.30. The van der Waals surface area contributed by atoms with Crippen LogP contribution in [0.2, 0.25) is 0 Å². The molecule has 0 aliphatic carbocycles. The van der Waals surface area contributed by atoms with Gasteiger partial charge in [0.1, 0.15) is 18.3 Å². The van der Waals surface area contributed by atoms with Crippen LogP contribution in [0.25, 0.3) is 0 Å². The van der Waals surface area contributed by atoms with E-state index in [1.54, 1.807) is 0 Å². The van der Waals surface area contributed by atoms with Gasteiger partial charge in [-0.25, -0.2) is 0 Å². The SMILES string of the molecule is O=C([C@@H](O)CS)[C@H](O)[C@H](O)CO. The molecule has 0 aliphatic heterocycles. The van der Waals surface area contributed by atoms with Crippen molar-refractivity contribution in [3.8, 4) is 0 Å². The zero-order valence-electron chi connectivity index (χ0n) is 6.29. The molecule has 0 amide bonds. The van der Waals surface area contributed by atoms with E-state index in [1.807, 2.05) is 0 Å². The molecular formula is C6H12O5S. The monoisotopic (exact) mass is 196 g/mol. The maximum absolute atomic E-state index is 10.9. The minimum Gasteiger partial charge on any atom is -0.394 e. The van der Waals surface area contributed by atoms with Gasteiger partial charge in [0.05, 0.1) is 6.61 Å². The highest BCUT2D eigenvalue weighted by molar-refractivity contribution is 7.80. The largest absolute Gasteiger partial charge is 0.394 e. The standard InChI is InChI=1S/C6H12O5S/c7-1-3(8)5(10)6(11)4(9)2-12/h3-5,7-10,12H,1-2H2/t3-,4+,5-/m1/s1. The first-order valence-electron chi connectivity index (χ1n) is 3.34. The zero-order valence-corrected chi connectivity index (χ0v) is 7.19. The molecule has 12 heavy (non-hydrogen) atoms. The first-order valence-corrected chi connectivity index (χ1v) is 3.97. The molecule has 0 aromatic heterocycles. The molecule has 0 saturated carbocycles. The summed E-state index contributed by atoms with van der Waals surface area (Å²) in [6.07, 6.45) is -4.71. The van der Waals surface area contributed by atoms with E-state index in [9.17, 15) is 4.79 Å². The first-order chi connectivity index (χ1) is 5.54. The Labute approximate surface area is 75.1 Å². The topological polar surface area (TPSA) is 98.0 Å². The third kappa shape index (κ3) is 3.08. The number of aliphatic hydroxyl groups is 4. The van der Waals surface area contributed by atoms with Crippen LogP contribution >= 0.6 is 12.6 Å². The van der Waals surface area contributed by atoms with Crippen molar-refractivity contribution in [2.45, 2.75) is 18.3 Å². The smallest absolute Gasteiger partial charge is 0.193 e. The predicted octanol–water partition coefficient (Wildman–Crippen LogP) is -2.44. The van der Waals surface area contributed by atoms with Gasteiger partial charge in [0.15, 0.2) is 5.78 Å². The predicted molar refractivity (Wildman–Crippen MR) is 44.0 cm³/mol. The maximum Gasteiger partial charge on any atom is 0.193 e. The Bertz CT molecular complexity index is 151. The molecule has 0 aliphatic rings. The molecular weight excluding hydrogens is 184 g/mol. The Balaban J connectivity index is 4.09. The fourth-order valence-corrected chi connectivity index (χ4v) is 0.756. The van der Waals surface area contributed by atoms with Crippen molar-refractivity contribution >= 4 is 18.4 Å². The number of thiol groups is 1. The van der Waals surface area contributed by atoms with Gasteiger partial charge >= 0.3 is 0 Å². The summed E-state index contributed by atoms with van der Waals surface area (Å²) in [5.41, 5.74) is 0. The van der Waals surface area contributed by atoms with Gasteiger partial charge in [0.25, 0.3) is 0 Å². The molecule has 4 N–H and O–H groups in total. The van der Waals surface area contributed by atoms with Crippen LogP contribution in [0, 0.1) is 0 Å². The van der Waals surface area contributed by atoms with Crippen molar-refractivity contribution in [3.05, 3.63) is 0 Å². The molecule has 0 bridgehead atoms. The summed E-state index contributed by atoms with van der Waals surface area (Å²) >= 11 is 3.62. The van der Waals surface area contributed by atoms with Gasteiger partial charge in [0, 0.05) is 5.75 Å². The van der Waals surface area contributed by atoms with E-state index in [4.69, 9.17) is 20.4 Å². The van der Waals surface area contributed by atoms with Gasteiger partial charge in [-0.15, -0.1) is 0 Å². The minimum atomic E-state index is -1.75. The van der Waals surface area contributed by atoms with Crippen LogP contribution in [0.1, 0.15) is 0 Å². The van der Waals surface area contributed by atoms with Gasteiger partial charge in [-0.05, 0) is 0 Å². The first kappa shape index (κ1) is 11.9. The number of aliphatic hydroxyl groups excluding tert-OH is 4. The average molecular weight is 196 g/mol. The summed E-state index contributed by atoms with van der Waals surface area (Å²) in [7, 11) is 0. The van der Waals surface area contributed by atoms with Crippen molar-refractivity contribution in [2.24, 2.45) is 0 Å². The Morgan fingerprint density at radius 2 is 1.83 bits per heavy atom. The third-order valence-electron chi connectivity index (χ3n) is 1.34. The summed E-state index contributed by atoms with van der Waals surface area (Å²) in [6.45, 7) is -0.730. The van der Waals surface area contributed by atoms with Gasteiger partial charge < -0.3 is 20.4 Å². The summed E-state index contributed by atoms with van der Waals surface area (Å²) in [6, 6.07) is 0. The van der Waals surface area contributed by atoms with Crippen molar-refractivity contribution < 1.29 is 25.2 Å². The summed E-state index contributed by atoms with van der Waals surface area (Å²) in [4.78, 5) is 10.9. The second-order valence-corrected chi connectivity index (χ2v) is 2.66. The molecule has 0 rings (SSSR count). The van der Waals surface area contributed by atoms with Crippen LogP contribution in [-0.4, -0.2) is 56.9 Å². The number of ketones is 1. The normalized spacial score (nSPS) is 18.4. The van der Waals surface area contributed by atoms with Crippen LogP contribution < -0.4 is 0 Å². The Morgan fingerprint density at radius 1 is 1.33 bits per heavy atom. The lowest BCUT2D eigenvalue weighted by atomic mass is 10.1. The van der Waals surface area contributed by atoms with E-state index in [0.29, 0.717) is 0 Å². The van der Waals surface area contributed by atoms with Crippen LogP contribution in [0.15, 0.2) is 0 Å². The highest BCUT2D eigenvalue weighted by atomic mass is 32.1. The lowest BCUT2D eigenvalue weighted by molar-refractivity contribution is -0.141. The second kappa shape index (κ2) is 5.50. The van der Waals surface area contributed by atoms with E-state index in [1.165, 1.54) is 0 Å². The lowest BCUT2D eigenvalue weighted by Gasteiger charge is -2.16. The van der Waals surface area contributed by atoms with Crippen molar-refractivity contribution in [3.63, 3.8) is 0 Å². The van der Waals surface area contributed by atoms with E-state index in [0.717, 1.165) is 0 Å². The Morgan fingerprint density at radius 3 is 2.17 bits per heavy atom. The zero-order chi connectivity index (χ0) is 9.72. The molecule has 0 unspecified atom stereocenters. The maximum atomic E-state index is 10.9. The summed E-state index contributed by atoms with van der Waals surface area (Å²) in [5, 5.41) is 34.9. The number of hydrogen-bond donors (Lipinski definition) is 5. The Kier molecular flexibility index (Phi) is 5.43. The van der Waals surface area contributed by atoms with Crippen LogP contribution in [0.3, 0.4) is 0 Å². The molecule has 0 saturated heterocycles. The molecule has 0 aromatic carbocycles. The molecule has 72 valence electrons. The molecule has 6 heteroatoms. The number of hydrogen-bond acceptors (Lipinski definition) is 6. The third-order valence-corrected chi connectivity index (χ3v) is 1.69. The number of carbonyl (C=O) groups is 1. The van der Waals surface area contributed by atoms with E-state index >= 15 is 0 Å². The van der Waals surface area contributed by atoms with Crippen LogP contribution in [-0.2, 0) is 4.79 Å². The van der Waals surface area contributed by atoms with Gasteiger partial charge in [0.2, 0.25) is 0 Å². The molecule has 0 radical (unpaired) electrons. The Hall–Kier alpha value is -0.140. The molecule has 0 fully saturated rings. The molecule has 0 heterocycles. The molecule has 0 spiro atoms. The summed E-state index contributed by atoms with van der Waals surface area (Å²) < 4.78 is 0. The van der Waals surface area contributed by atoms with Gasteiger partial charge in [-0.3, -0.25) is 4.79 Å². The molecule has 5 nitrogen and oxygen atoms in total. The highest BCUT2D eigenvalue weighted by Crippen LogP contribution is 2.00. The van der Waals surface area contributed by atoms with Crippen molar-refractivity contribution in [1.29, 1.82) is 0 Å². The van der Waals surface area contributed by atoms with E-state index in [2.05, 4.69) is 12.6 Å². The summed E-state index contributed by atoms with van der Waals surface area (Å²) in [5.74, 6) is -1.07. The van der Waals surface area contributed by atoms with Crippen LogP contribution in [0.5, 0.6) is 0 Å². The number of rotatable bonds is 5. The number of carbonyl (C=O) groups excluding carboxylic acids is 1. The number of Topliss-reactive ketones (excluding diaryl/α,β-unsaturated/α-hetero) is 1. The highest BCUT2D eigenvalue weighted by Gasteiger charge is 2.28. The van der Waals surface area contributed by atoms with Crippen molar-refractivity contribution in [2.75, 3.05) is 12.4 Å². The molecule has 0 aromatic rings. The van der Waals surface area contributed by atoms with E-state index < -0.39 is 30.7 Å². The minimum absolute atomic E-state index is 0.131. The van der Waals surface area contributed by atoms with Gasteiger partial charge in [-0.1, -0.05) is 0 Å². The fraction of sp³-hybridized carbons (Fsp3) is 0.833. The quantitative estimate of drug-likeness (QED) is 0.315. The lowest BCUT2D eigenvalue weighted by Crippen LogP contribution is -2.42. The average Bonchev–Trinajstić information content (AvgIpc) is 2.12. The fourth-order valence-electron chi connectivity index (χ4n) is 0.577. The molecule has 3 atom stereocenters. The van der Waals surface area contributed by atoms with Gasteiger partial charge in [-0.2, -0.15) is 12.6 Å². The van der Waals surface area contributed by atoms with Crippen molar-refractivity contribution in [1.82, 2.24) is 0 Å².